The molecule has 2 aromatic heterocycles. The van der Waals surface area contributed by atoms with Gasteiger partial charge in [-0.2, -0.15) is 6.07 Å². The fourth-order valence-corrected chi connectivity index (χ4v) is 8.98. The van der Waals surface area contributed by atoms with Gasteiger partial charge in [-0.15, -0.1) is 53.6 Å². The van der Waals surface area contributed by atoms with E-state index in [0.29, 0.717) is 11.5 Å². The van der Waals surface area contributed by atoms with Crippen LogP contribution < -0.4 is 14.5 Å². The number of para-hydroxylation sites is 2. The fraction of sp³-hybridized carbons (Fsp3) is 0.323. The second-order valence-electron chi connectivity index (χ2n) is 23.7. The van der Waals surface area contributed by atoms with E-state index in [-0.39, 0.29) is 48.1 Å². The molecular weight excluding hydrogens is 1010 g/mol. The quantitative estimate of drug-likeness (QED) is 0.155. The molecule has 0 saturated heterocycles. The van der Waals surface area contributed by atoms with Gasteiger partial charge >= 0.3 is 0 Å². The fourth-order valence-electron chi connectivity index (χ4n) is 8.98. The SMILES string of the molecule is CC(C)(C)c1ccc(-c2cc(Oc3[c-]c4c(cc3)c3ccc(C(C)(C)C)cc3n4-c3cc(C(C)(C)C)ccn3)[c-]c(N3[CH-]N(c4cc(C(C)(C)C)cc(C(C)(C)C)c4)c4ccccc43)c2)cc1.[Pt]. The summed E-state index contributed by atoms with van der Waals surface area (Å²) in [5, 5.41) is 2.25. The molecule has 1 aliphatic rings. The molecule has 0 unspecified atom stereocenters. The molecule has 6 aromatic carbocycles. The van der Waals surface area contributed by atoms with Crippen molar-refractivity contribution in [2.24, 2.45) is 0 Å². The van der Waals surface area contributed by atoms with Gasteiger partial charge in [0, 0.05) is 61.3 Å². The summed E-state index contributed by atoms with van der Waals surface area (Å²) in [7, 11) is 0. The molecule has 0 fully saturated rings. The van der Waals surface area contributed by atoms with Gasteiger partial charge in [-0.25, -0.2) is 4.98 Å². The number of rotatable bonds is 6. The van der Waals surface area contributed by atoms with E-state index in [1.807, 2.05) is 12.3 Å². The van der Waals surface area contributed by atoms with Crippen LogP contribution in [0.2, 0.25) is 0 Å². The predicted molar refractivity (Wildman–Crippen MR) is 283 cm³/mol. The molecule has 0 saturated carbocycles. The summed E-state index contributed by atoms with van der Waals surface area (Å²) in [6, 6.07) is 51.9. The number of fused-ring (bicyclic) bond motifs is 4. The van der Waals surface area contributed by atoms with Crippen LogP contribution in [0, 0.1) is 18.8 Å². The smallest absolute Gasteiger partial charge is 0.135 e. The van der Waals surface area contributed by atoms with E-state index in [1.54, 1.807) is 0 Å². The summed E-state index contributed by atoms with van der Waals surface area (Å²) in [5.74, 6) is 2.06. The van der Waals surface area contributed by atoms with Gasteiger partial charge in [0.2, 0.25) is 0 Å². The first kappa shape index (κ1) is 48.8. The molecule has 0 spiro atoms. The third kappa shape index (κ3) is 9.53. The minimum absolute atomic E-state index is 0. The van der Waals surface area contributed by atoms with Gasteiger partial charge in [0.05, 0.1) is 0 Å². The zero-order chi connectivity index (χ0) is 48.0. The normalized spacial score (nSPS) is 13.6. The Balaban J connectivity index is 0.00000625. The van der Waals surface area contributed by atoms with Crippen LogP contribution in [-0.2, 0) is 48.1 Å². The van der Waals surface area contributed by atoms with Gasteiger partial charge in [0.15, 0.2) is 0 Å². The van der Waals surface area contributed by atoms with Gasteiger partial charge in [-0.1, -0.05) is 164 Å². The number of ether oxygens (including phenoxy) is 1. The summed E-state index contributed by atoms with van der Waals surface area (Å²) in [5.41, 5.74) is 14.6. The zero-order valence-corrected chi connectivity index (χ0v) is 45.0. The van der Waals surface area contributed by atoms with Crippen LogP contribution in [0.4, 0.5) is 22.7 Å². The molecule has 6 heteroatoms. The first-order valence-electron chi connectivity index (χ1n) is 23.9. The molecule has 0 radical (unpaired) electrons. The maximum Gasteiger partial charge on any atom is 0.135 e. The molecule has 1 aliphatic heterocycles. The Kier molecular flexibility index (Phi) is 12.5. The van der Waals surface area contributed by atoms with Gasteiger partial charge < -0.3 is 19.1 Å². The maximum absolute atomic E-state index is 6.98. The Hall–Kier alpha value is -5.64. The second kappa shape index (κ2) is 17.4. The van der Waals surface area contributed by atoms with Gasteiger partial charge in [-0.05, 0) is 108 Å². The molecule has 0 amide bonds. The molecule has 0 N–H and O–H groups in total. The molecular formula is C62H67N4OPt-3. The van der Waals surface area contributed by atoms with E-state index in [0.717, 1.165) is 61.5 Å². The average Bonchev–Trinajstić information content (AvgIpc) is 3.80. The van der Waals surface area contributed by atoms with Crippen molar-refractivity contribution in [1.82, 2.24) is 9.55 Å². The van der Waals surface area contributed by atoms with E-state index < -0.39 is 0 Å². The molecule has 5 nitrogen and oxygen atoms in total. The summed E-state index contributed by atoms with van der Waals surface area (Å²) in [6.07, 6.45) is 1.93. The molecule has 0 atom stereocenters. The van der Waals surface area contributed by atoms with Crippen LogP contribution in [0.1, 0.15) is 132 Å². The Morgan fingerprint density at radius 1 is 0.471 bits per heavy atom. The van der Waals surface area contributed by atoms with Crippen LogP contribution in [0.15, 0.2) is 128 Å². The van der Waals surface area contributed by atoms with Gasteiger partial charge in [-0.3, -0.25) is 0 Å². The van der Waals surface area contributed by atoms with Crippen molar-refractivity contribution < 1.29 is 25.8 Å². The van der Waals surface area contributed by atoms with Crippen molar-refractivity contribution in [2.45, 2.75) is 131 Å². The number of anilines is 4. The first-order valence-corrected chi connectivity index (χ1v) is 23.9. The summed E-state index contributed by atoms with van der Waals surface area (Å²) in [6.45, 7) is 36.3. The average molecular weight is 1080 g/mol. The number of benzene rings is 6. The van der Waals surface area contributed by atoms with E-state index in [2.05, 4.69) is 252 Å². The number of aromatic nitrogens is 2. The van der Waals surface area contributed by atoms with Crippen LogP contribution in [0.5, 0.6) is 11.5 Å². The second-order valence-corrected chi connectivity index (χ2v) is 23.7. The largest absolute Gasteiger partial charge is 0.509 e. The van der Waals surface area contributed by atoms with Crippen molar-refractivity contribution in [1.29, 1.82) is 0 Å². The first-order chi connectivity index (χ1) is 31.3. The predicted octanol–water partition coefficient (Wildman–Crippen LogP) is 17.1. The molecule has 3 heterocycles. The number of pyridine rings is 1. The molecule has 8 aromatic rings. The topological polar surface area (TPSA) is 33.5 Å². The van der Waals surface area contributed by atoms with Gasteiger partial charge in [0.1, 0.15) is 5.82 Å². The Morgan fingerprint density at radius 3 is 1.63 bits per heavy atom. The molecule has 354 valence electrons. The van der Waals surface area contributed by atoms with E-state index in [9.17, 15) is 0 Å². The molecule has 0 bridgehead atoms. The Bertz CT molecular complexity index is 3130. The number of hydrogen-bond donors (Lipinski definition) is 0. The van der Waals surface area contributed by atoms with E-state index in [1.165, 1.54) is 27.8 Å². The Labute approximate surface area is 420 Å². The summed E-state index contributed by atoms with van der Waals surface area (Å²) in [4.78, 5) is 9.56. The Morgan fingerprint density at radius 2 is 1.03 bits per heavy atom. The third-order valence-corrected chi connectivity index (χ3v) is 13.3. The molecule has 0 aliphatic carbocycles. The summed E-state index contributed by atoms with van der Waals surface area (Å²) < 4.78 is 9.24. The number of nitrogens with zero attached hydrogens (tertiary/aromatic N) is 4. The third-order valence-electron chi connectivity index (χ3n) is 13.3. The van der Waals surface area contributed by atoms with Gasteiger partial charge in [0.25, 0.3) is 0 Å². The monoisotopic (exact) mass is 1080 g/mol. The molecule has 9 rings (SSSR count). The van der Waals surface area contributed by atoms with Crippen LogP contribution in [-0.4, -0.2) is 9.55 Å². The van der Waals surface area contributed by atoms with E-state index >= 15 is 0 Å². The van der Waals surface area contributed by atoms with Crippen molar-refractivity contribution in [3.63, 3.8) is 0 Å². The summed E-state index contributed by atoms with van der Waals surface area (Å²) >= 11 is 0. The maximum atomic E-state index is 6.98. The van der Waals surface area contributed by atoms with Crippen LogP contribution in [0.25, 0.3) is 38.8 Å². The van der Waals surface area contributed by atoms with Crippen molar-refractivity contribution in [3.8, 4) is 28.4 Å². The van der Waals surface area contributed by atoms with Crippen LogP contribution >= 0.6 is 0 Å². The van der Waals surface area contributed by atoms with Crippen LogP contribution in [0.3, 0.4) is 0 Å². The zero-order valence-electron chi connectivity index (χ0n) is 42.7. The van der Waals surface area contributed by atoms with Crippen molar-refractivity contribution in [3.05, 3.63) is 174 Å². The van der Waals surface area contributed by atoms with Crippen molar-refractivity contribution >= 4 is 44.6 Å². The minimum atomic E-state index is -0.0488. The minimum Gasteiger partial charge on any atom is -0.509 e. The standard InChI is InChI=1S/C62H67N4O.Pt/c1-58(2,3)42-22-20-40(21-23-42)41-30-47(64-39-65(54-19-17-16-18-53(54)64)48-33-45(61(10,11)12)32-46(34-48)62(13,14)15)37-50(31-41)67-49-25-27-52-51-26-24-43(59(4,5)6)35-55(51)66(56(52)38-49)57-36-44(28-29-63-57)60(7,8)9;/h16-36,39H,1-15H3;/q-3;. The number of hydrogen-bond acceptors (Lipinski definition) is 4. The molecule has 68 heavy (non-hydrogen) atoms. The van der Waals surface area contributed by atoms with E-state index in [4.69, 9.17) is 9.72 Å². The van der Waals surface area contributed by atoms with Crippen molar-refractivity contribution in [2.75, 3.05) is 9.80 Å².